The number of nitrogens with two attached hydrogens (primary N) is 1. The van der Waals surface area contributed by atoms with Gasteiger partial charge >= 0.3 is 0 Å². The second kappa shape index (κ2) is 3.15. The molecular formula is C6H16N2O. The van der Waals surface area contributed by atoms with E-state index in [1.807, 2.05) is 20.9 Å². The van der Waals surface area contributed by atoms with Gasteiger partial charge in [0, 0.05) is 14.2 Å². The highest BCUT2D eigenvalue weighted by Gasteiger charge is 2.19. The lowest BCUT2D eigenvalue weighted by Gasteiger charge is -2.30. The van der Waals surface area contributed by atoms with Crippen molar-refractivity contribution >= 4 is 0 Å². The van der Waals surface area contributed by atoms with Crippen molar-refractivity contribution in [1.29, 1.82) is 0 Å². The standard InChI is InChI=1S/C6H16N2O/c1-6(2,5-9-4)8(3)7/h5,7H2,1-4H3. The predicted molar refractivity (Wildman–Crippen MR) is 37.9 cm³/mol. The molecule has 0 spiro atoms. The van der Waals surface area contributed by atoms with E-state index in [1.165, 1.54) is 0 Å². The van der Waals surface area contributed by atoms with Crippen LogP contribution in [0.25, 0.3) is 0 Å². The molecule has 0 aromatic heterocycles. The average Bonchev–Trinajstić information content (AvgIpc) is 1.65. The van der Waals surface area contributed by atoms with Gasteiger partial charge in [-0.2, -0.15) is 0 Å². The molecule has 0 saturated carbocycles. The summed E-state index contributed by atoms with van der Waals surface area (Å²) in [5, 5.41) is 1.65. The molecule has 0 rings (SSSR count). The Morgan fingerprint density at radius 2 is 2.00 bits per heavy atom. The maximum absolute atomic E-state index is 5.51. The van der Waals surface area contributed by atoms with Crippen LogP contribution in [-0.4, -0.2) is 31.3 Å². The summed E-state index contributed by atoms with van der Waals surface area (Å²) >= 11 is 0. The maximum Gasteiger partial charge on any atom is 0.0654 e. The Bertz CT molecular complexity index is 81.1. The lowest BCUT2D eigenvalue weighted by molar-refractivity contribution is 0.0505. The molecule has 0 atom stereocenters. The van der Waals surface area contributed by atoms with Gasteiger partial charge in [0.05, 0.1) is 12.1 Å². The molecule has 0 aliphatic rings. The number of hydrogen-bond acceptors (Lipinski definition) is 3. The Kier molecular flexibility index (Phi) is 3.11. The summed E-state index contributed by atoms with van der Waals surface area (Å²) in [7, 11) is 3.50. The van der Waals surface area contributed by atoms with Crippen LogP contribution in [-0.2, 0) is 4.74 Å². The van der Waals surface area contributed by atoms with Crippen molar-refractivity contribution in [1.82, 2.24) is 5.01 Å². The van der Waals surface area contributed by atoms with Gasteiger partial charge < -0.3 is 4.74 Å². The van der Waals surface area contributed by atoms with Gasteiger partial charge in [0.15, 0.2) is 0 Å². The van der Waals surface area contributed by atoms with Gasteiger partial charge in [-0.1, -0.05) is 0 Å². The Labute approximate surface area is 56.7 Å². The molecule has 3 nitrogen and oxygen atoms in total. The fourth-order valence-electron chi connectivity index (χ4n) is 0.455. The van der Waals surface area contributed by atoms with Gasteiger partial charge in [-0.25, -0.2) is 5.01 Å². The molecule has 9 heavy (non-hydrogen) atoms. The second-order valence-electron chi connectivity index (χ2n) is 2.86. The van der Waals surface area contributed by atoms with E-state index in [1.54, 1.807) is 12.1 Å². The smallest absolute Gasteiger partial charge is 0.0654 e. The van der Waals surface area contributed by atoms with E-state index in [0.717, 1.165) is 0 Å². The molecule has 0 amide bonds. The van der Waals surface area contributed by atoms with Crippen LogP contribution in [0.1, 0.15) is 13.8 Å². The molecule has 0 aliphatic heterocycles. The van der Waals surface area contributed by atoms with Crippen molar-refractivity contribution in [3.8, 4) is 0 Å². The molecule has 2 N–H and O–H groups in total. The SMILES string of the molecule is COCC(C)(C)N(C)N. The summed E-state index contributed by atoms with van der Waals surface area (Å²) in [6, 6.07) is 0. The summed E-state index contributed by atoms with van der Waals surface area (Å²) in [4.78, 5) is 0. The molecule has 0 aliphatic carbocycles. The molecule has 0 aromatic carbocycles. The van der Waals surface area contributed by atoms with Crippen molar-refractivity contribution in [3.05, 3.63) is 0 Å². The highest BCUT2D eigenvalue weighted by atomic mass is 16.5. The second-order valence-corrected chi connectivity index (χ2v) is 2.86. The highest BCUT2D eigenvalue weighted by molar-refractivity contribution is 4.74. The minimum absolute atomic E-state index is 0.0608. The molecule has 0 saturated heterocycles. The molecule has 0 heterocycles. The Balaban J connectivity index is 3.70. The lowest BCUT2D eigenvalue weighted by atomic mass is 10.1. The van der Waals surface area contributed by atoms with Crippen LogP contribution in [0.2, 0.25) is 0 Å². The number of hydrazine groups is 1. The zero-order valence-electron chi connectivity index (χ0n) is 6.64. The number of likely N-dealkylation sites (N-methyl/N-ethyl adjacent to an activating group) is 1. The highest BCUT2D eigenvalue weighted by Crippen LogP contribution is 2.06. The number of hydrogen-bond donors (Lipinski definition) is 1. The molecule has 0 unspecified atom stereocenters. The first-order valence-corrected chi connectivity index (χ1v) is 2.98. The zero-order valence-corrected chi connectivity index (χ0v) is 6.64. The molecule has 3 heteroatoms. The summed E-state index contributed by atoms with van der Waals surface area (Å²) in [6.07, 6.45) is 0. The van der Waals surface area contributed by atoms with Crippen LogP contribution >= 0.6 is 0 Å². The number of rotatable bonds is 3. The Morgan fingerprint density at radius 1 is 1.56 bits per heavy atom. The summed E-state index contributed by atoms with van der Waals surface area (Å²) in [5.41, 5.74) is -0.0608. The minimum Gasteiger partial charge on any atom is -0.383 e. The first kappa shape index (κ1) is 8.88. The van der Waals surface area contributed by atoms with Gasteiger partial charge in [-0.3, -0.25) is 5.84 Å². The van der Waals surface area contributed by atoms with E-state index in [9.17, 15) is 0 Å². The topological polar surface area (TPSA) is 38.5 Å². The lowest BCUT2D eigenvalue weighted by Crippen LogP contribution is -2.48. The summed E-state index contributed by atoms with van der Waals surface area (Å²) in [6.45, 7) is 4.70. The van der Waals surface area contributed by atoms with Crippen molar-refractivity contribution in [2.75, 3.05) is 20.8 Å². The van der Waals surface area contributed by atoms with Crippen LogP contribution in [0.15, 0.2) is 0 Å². The first-order valence-electron chi connectivity index (χ1n) is 2.98. The van der Waals surface area contributed by atoms with E-state index in [2.05, 4.69) is 0 Å². The van der Waals surface area contributed by atoms with Gasteiger partial charge in [0.1, 0.15) is 0 Å². The Morgan fingerprint density at radius 3 is 2.11 bits per heavy atom. The molecule has 0 fully saturated rings. The van der Waals surface area contributed by atoms with Crippen LogP contribution in [0.4, 0.5) is 0 Å². The van der Waals surface area contributed by atoms with Gasteiger partial charge in [-0.05, 0) is 13.8 Å². The van der Waals surface area contributed by atoms with Crippen LogP contribution in [0.3, 0.4) is 0 Å². The van der Waals surface area contributed by atoms with Crippen LogP contribution in [0, 0.1) is 0 Å². The third kappa shape index (κ3) is 2.79. The quantitative estimate of drug-likeness (QED) is 0.441. The molecule has 0 radical (unpaired) electrons. The van der Waals surface area contributed by atoms with Crippen molar-refractivity contribution in [2.45, 2.75) is 19.4 Å². The summed E-state index contributed by atoms with van der Waals surface area (Å²) < 4.78 is 4.95. The number of methoxy groups -OCH3 is 1. The minimum atomic E-state index is -0.0608. The van der Waals surface area contributed by atoms with Gasteiger partial charge in [0.25, 0.3) is 0 Å². The average molecular weight is 132 g/mol. The van der Waals surface area contributed by atoms with Gasteiger partial charge in [-0.15, -0.1) is 0 Å². The largest absolute Gasteiger partial charge is 0.383 e. The van der Waals surface area contributed by atoms with Crippen molar-refractivity contribution in [3.63, 3.8) is 0 Å². The number of ether oxygens (including phenoxy) is 1. The third-order valence-corrected chi connectivity index (χ3v) is 1.45. The van der Waals surface area contributed by atoms with Gasteiger partial charge in [0.2, 0.25) is 0 Å². The predicted octanol–water partition coefficient (Wildman–Crippen LogP) is 0.217. The fourth-order valence-corrected chi connectivity index (χ4v) is 0.455. The van der Waals surface area contributed by atoms with Crippen LogP contribution in [0.5, 0.6) is 0 Å². The van der Waals surface area contributed by atoms with E-state index >= 15 is 0 Å². The zero-order chi connectivity index (χ0) is 7.49. The van der Waals surface area contributed by atoms with Crippen molar-refractivity contribution in [2.24, 2.45) is 5.84 Å². The van der Waals surface area contributed by atoms with E-state index in [4.69, 9.17) is 10.6 Å². The maximum atomic E-state index is 5.51. The Hall–Kier alpha value is -0.120. The van der Waals surface area contributed by atoms with E-state index in [0.29, 0.717) is 6.61 Å². The number of nitrogens with zero attached hydrogens (tertiary/aromatic N) is 1. The third-order valence-electron chi connectivity index (χ3n) is 1.45. The molecule has 0 aromatic rings. The van der Waals surface area contributed by atoms with E-state index < -0.39 is 0 Å². The van der Waals surface area contributed by atoms with E-state index in [-0.39, 0.29) is 5.54 Å². The van der Waals surface area contributed by atoms with Crippen LogP contribution < -0.4 is 5.84 Å². The molecule has 0 bridgehead atoms. The molecule has 56 valence electrons. The molecular weight excluding hydrogens is 116 g/mol. The summed E-state index contributed by atoms with van der Waals surface area (Å²) in [5.74, 6) is 5.51. The fraction of sp³-hybridized carbons (Fsp3) is 1.00. The van der Waals surface area contributed by atoms with Crippen molar-refractivity contribution < 1.29 is 4.74 Å². The normalized spacial score (nSPS) is 12.7. The first-order chi connectivity index (χ1) is 4.00. The monoisotopic (exact) mass is 132 g/mol.